The second-order valence-corrected chi connectivity index (χ2v) is 3.73. The van der Waals surface area contributed by atoms with E-state index in [1.54, 1.807) is 25.3 Å². The van der Waals surface area contributed by atoms with Crippen LogP contribution >= 0.6 is 11.6 Å². The van der Waals surface area contributed by atoms with Crippen molar-refractivity contribution < 1.29 is 14.4 Å². The topological polar surface area (TPSA) is 47.6 Å². The van der Waals surface area contributed by atoms with Gasteiger partial charge < -0.3 is 4.74 Å². The summed E-state index contributed by atoms with van der Waals surface area (Å²) in [6.07, 6.45) is 0. The smallest absolute Gasteiger partial charge is 0.274 e. The van der Waals surface area contributed by atoms with Crippen LogP contribution in [-0.2, 0) is 9.57 Å². The van der Waals surface area contributed by atoms with Crippen molar-refractivity contribution in [3.05, 3.63) is 34.3 Å². The van der Waals surface area contributed by atoms with Gasteiger partial charge in [-0.3, -0.25) is 9.63 Å². The number of hydrogen-bond donors (Lipinski definition) is 1. The number of rotatable bonds is 5. The van der Waals surface area contributed by atoms with Gasteiger partial charge in [-0.15, -0.1) is 0 Å². The first kappa shape index (κ1) is 13.0. The number of aryl methyl sites for hydroxylation is 1. The number of ether oxygens (including phenoxy) is 1. The van der Waals surface area contributed by atoms with Crippen molar-refractivity contribution in [3.8, 4) is 0 Å². The van der Waals surface area contributed by atoms with Gasteiger partial charge in [-0.25, -0.2) is 5.48 Å². The van der Waals surface area contributed by atoms with Crippen LogP contribution in [0.15, 0.2) is 18.2 Å². The molecule has 0 radical (unpaired) electrons. The van der Waals surface area contributed by atoms with Gasteiger partial charge in [0, 0.05) is 17.7 Å². The van der Waals surface area contributed by atoms with E-state index in [4.69, 9.17) is 21.2 Å². The number of nitrogens with one attached hydrogen (secondary N) is 1. The molecule has 88 valence electrons. The number of methoxy groups -OCH3 is 1. The molecule has 5 heteroatoms. The predicted molar refractivity (Wildman–Crippen MR) is 61.5 cm³/mol. The Morgan fingerprint density at radius 3 is 2.75 bits per heavy atom. The third kappa shape index (κ3) is 4.18. The van der Waals surface area contributed by atoms with Crippen molar-refractivity contribution in [2.45, 2.75) is 6.92 Å². The Kier molecular flexibility index (Phi) is 5.25. The second kappa shape index (κ2) is 6.48. The third-order valence-electron chi connectivity index (χ3n) is 1.86. The molecule has 1 rings (SSSR count). The number of carbonyl (C=O) groups is 1. The molecule has 0 aliphatic heterocycles. The van der Waals surface area contributed by atoms with Gasteiger partial charge in [0.15, 0.2) is 0 Å². The van der Waals surface area contributed by atoms with E-state index in [0.717, 1.165) is 5.56 Å². The van der Waals surface area contributed by atoms with E-state index in [1.165, 1.54) is 0 Å². The Balaban J connectivity index is 2.52. The Morgan fingerprint density at radius 2 is 2.12 bits per heavy atom. The van der Waals surface area contributed by atoms with E-state index in [9.17, 15) is 4.79 Å². The fourth-order valence-electron chi connectivity index (χ4n) is 1.17. The van der Waals surface area contributed by atoms with E-state index in [1.807, 2.05) is 6.92 Å². The Morgan fingerprint density at radius 1 is 1.38 bits per heavy atom. The Hall–Kier alpha value is -1.10. The van der Waals surface area contributed by atoms with Crippen LogP contribution in [-0.4, -0.2) is 26.2 Å². The number of hydrogen-bond acceptors (Lipinski definition) is 3. The molecule has 1 aromatic rings. The van der Waals surface area contributed by atoms with Gasteiger partial charge in [0.25, 0.3) is 5.91 Å². The van der Waals surface area contributed by atoms with Crippen LogP contribution in [0.2, 0.25) is 5.02 Å². The lowest BCUT2D eigenvalue weighted by atomic mass is 10.1. The largest absolute Gasteiger partial charge is 0.382 e. The average molecular weight is 244 g/mol. The standard InChI is InChI=1S/C11H14ClNO3/c1-8-5-9(7-10(12)6-8)11(14)13-16-4-3-15-2/h5-7H,3-4H2,1-2H3,(H,13,14). The minimum absolute atomic E-state index is 0.307. The van der Waals surface area contributed by atoms with Crippen LogP contribution in [0.25, 0.3) is 0 Å². The minimum atomic E-state index is -0.318. The van der Waals surface area contributed by atoms with Crippen LogP contribution in [0.5, 0.6) is 0 Å². The summed E-state index contributed by atoms with van der Waals surface area (Å²) in [5, 5.41) is 0.530. The first-order chi connectivity index (χ1) is 7.63. The zero-order valence-corrected chi connectivity index (χ0v) is 10.0. The molecular formula is C11H14ClNO3. The summed E-state index contributed by atoms with van der Waals surface area (Å²) in [5.41, 5.74) is 3.71. The molecule has 0 saturated heterocycles. The summed E-state index contributed by atoms with van der Waals surface area (Å²) < 4.78 is 4.77. The zero-order chi connectivity index (χ0) is 12.0. The molecule has 0 atom stereocenters. The normalized spacial score (nSPS) is 10.2. The highest BCUT2D eigenvalue weighted by Gasteiger charge is 2.06. The zero-order valence-electron chi connectivity index (χ0n) is 9.25. The molecule has 4 nitrogen and oxygen atoms in total. The highest BCUT2D eigenvalue weighted by Crippen LogP contribution is 2.14. The molecule has 0 aliphatic rings. The molecule has 0 bridgehead atoms. The lowest BCUT2D eigenvalue weighted by molar-refractivity contribution is 0.00888. The summed E-state index contributed by atoms with van der Waals surface area (Å²) in [5.74, 6) is -0.318. The van der Waals surface area contributed by atoms with Crippen molar-refractivity contribution in [2.24, 2.45) is 0 Å². The first-order valence-electron chi connectivity index (χ1n) is 4.81. The van der Waals surface area contributed by atoms with Crippen molar-refractivity contribution in [1.29, 1.82) is 0 Å². The SMILES string of the molecule is COCCONC(=O)c1cc(C)cc(Cl)c1. The van der Waals surface area contributed by atoms with Crippen LogP contribution in [0.4, 0.5) is 0 Å². The lowest BCUT2D eigenvalue weighted by Crippen LogP contribution is -2.25. The fourth-order valence-corrected chi connectivity index (χ4v) is 1.46. The van der Waals surface area contributed by atoms with E-state index < -0.39 is 0 Å². The summed E-state index contributed by atoms with van der Waals surface area (Å²) in [6, 6.07) is 5.11. The monoisotopic (exact) mass is 243 g/mol. The van der Waals surface area contributed by atoms with E-state index in [2.05, 4.69) is 5.48 Å². The molecule has 16 heavy (non-hydrogen) atoms. The molecule has 0 heterocycles. The van der Waals surface area contributed by atoms with Crippen LogP contribution < -0.4 is 5.48 Å². The van der Waals surface area contributed by atoms with E-state index >= 15 is 0 Å². The van der Waals surface area contributed by atoms with Crippen molar-refractivity contribution in [2.75, 3.05) is 20.3 Å². The number of benzene rings is 1. The molecule has 1 aromatic carbocycles. The van der Waals surface area contributed by atoms with Gasteiger partial charge in [-0.1, -0.05) is 11.6 Å². The molecule has 0 aromatic heterocycles. The first-order valence-corrected chi connectivity index (χ1v) is 5.19. The molecule has 0 unspecified atom stereocenters. The van der Waals surface area contributed by atoms with Gasteiger partial charge >= 0.3 is 0 Å². The highest BCUT2D eigenvalue weighted by atomic mass is 35.5. The van der Waals surface area contributed by atoms with Crippen LogP contribution in [0.3, 0.4) is 0 Å². The summed E-state index contributed by atoms with van der Waals surface area (Å²) in [7, 11) is 1.56. The van der Waals surface area contributed by atoms with Crippen molar-refractivity contribution >= 4 is 17.5 Å². The van der Waals surface area contributed by atoms with Gasteiger partial charge in [0.2, 0.25) is 0 Å². The molecule has 0 saturated carbocycles. The quantitative estimate of drug-likeness (QED) is 0.635. The van der Waals surface area contributed by atoms with Gasteiger partial charge in [-0.05, 0) is 30.7 Å². The molecular weight excluding hydrogens is 230 g/mol. The van der Waals surface area contributed by atoms with Crippen molar-refractivity contribution in [3.63, 3.8) is 0 Å². The maximum atomic E-state index is 11.6. The second-order valence-electron chi connectivity index (χ2n) is 3.29. The third-order valence-corrected chi connectivity index (χ3v) is 2.08. The van der Waals surface area contributed by atoms with E-state index in [0.29, 0.717) is 23.8 Å². The van der Waals surface area contributed by atoms with Crippen LogP contribution in [0.1, 0.15) is 15.9 Å². The number of hydroxylamine groups is 1. The number of carbonyl (C=O) groups excluding carboxylic acids is 1. The van der Waals surface area contributed by atoms with E-state index in [-0.39, 0.29) is 5.91 Å². The molecule has 1 N–H and O–H groups in total. The van der Waals surface area contributed by atoms with Gasteiger partial charge in [-0.2, -0.15) is 0 Å². The minimum Gasteiger partial charge on any atom is -0.382 e. The predicted octanol–water partition coefficient (Wildman–Crippen LogP) is 1.96. The fraction of sp³-hybridized carbons (Fsp3) is 0.364. The van der Waals surface area contributed by atoms with Gasteiger partial charge in [0.05, 0.1) is 13.2 Å². The number of amides is 1. The maximum absolute atomic E-state index is 11.6. The molecule has 0 aliphatic carbocycles. The Bertz CT molecular complexity index is 348. The van der Waals surface area contributed by atoms with Gasteiger partial charge in [0.1, 0.15) is 0 Å². The molecule has 0 fully saturated rings. The maximum Gasteiger partial charge on any atom is 0.274 e. The average Bonchev–Trinajstić information content (AvgIpc) is 2.22. The summed E-state index contributed by atoms with van der Waals surface area (Å²) in [6.45, 7) is 2.60. The highest BCUT2D eigenvalue weighted by molar-refractivity contribution is 6.31. The molecule has 1 amide bonds. The van der Waals surface area contributed by atoms with Crippen molar-refractivity contribution in [1.82, 2.24) is 5.48 Å². The molecule has 0 spiro atoms. The summed E-state index contributed by atoms with van der Waals surface area (Å²) in [4.78, 5) is 16.5. The summed E-state index contributed by atoms with van der Waals surface area (Å²) >= 11 is 5.84. The Labute approximate surface area is 99.5 Å². The number of halogens is 1. The lowest BCUT2D eigenvalue weighted by Gasteiger charge is -2.06. The van der Waals surface area contributed by atoms with Crippen LogP contribution in [0, 0.1) is 6.92 Å².